The van der Waals surface area contributed by atoms with E-state index in [2.05, 4.69) is 19.2 Å². The van der Waals surface area contributed by atoms with Crippen molar-refractivity contribution in [1.82, 2.24) is 0 Å². The van der Waals surface area contributed by atoms with Gasteiger partial charge < -0.3 is 16.2 Å². The van der Waals surface area contributed by atoms with Gasteiger partial charge in [-0.05, 0) is 30.0 Å². The third-order valence-electron chi connectivity index (χ3n) is 3.12. The molecule has 1 atom stereocenters. The maximum Gasteiger partial charge on any atom is 0.337 e. The number of aromatic carboxylic acids is 1. The minimum absolute atomic E-state index is 0.250. The van der Waals surface area contributed by atoms with Crippen molar-refractivity contribution in [1.29, 1.82) is 0 Å². The third-order valence-corrected chi connectivity index (χ3v) is 3.12. The van der Waals surface area contributed by atoms with Gasteiger partial charge in [-0.15, -0.1) is 0 Å². The Balaban J connectivity index is 2.25. The molecule has 4 N–H and O–H groups in total. The number of carboxylic acids is 1. The molecule has 0 saturated heterocycles. The lowest BCUT2D eigenvalue weighted by molar-refractivity contribution is 0.0698. The average Bonchev–Trinajstić information content (AvgIpc) is 2.72. The van der Waals surface area contributed by atoms with Gasteiger partial charge in [0.25, 0.3) is 0 Å². The van der Waals surface area contributed by atoms with Crippen LogP contribution in [0.5, 0.6) is 0 Å². The molecule has 16 heavy (non-hydrogen) atoms. The monoisotopic (exact) mass is 220 g/mol. The summed E-state index contributed by atoms with van der Waals surface area (Å²) < 4.78 is 0. The van der Waals surface area contributed by atoms with Crippen LogP contribution in [0.25, 0.3) is 0 Å². The highest BCUT2D eigenvalue weighted by atomic mass is 16.4. The standard InChI is InChI=1S/C12H16N2O2/c1-12(2)6-10(12)14-9-5-7(13)3-4-8(9)11(15)16/h3-5,10,14H,6,13H2,1-2H3,(H,15,16). The maximum absolute atomic E-state index is 11.0. The van der Waals surface area contributed by atoms with Gasteiger partial charge in [0.1, 0.15) is 0 Å². The first-order valence-electron chi connectivity index (χ1n) is 5.29. The van der Waals surface area contributed by atoms with Gasteiger partial charge in [-0.2, -0.15) is 0 Å². The van der Waals surface area contributed by atoms with Crippen LogP contribution in [-0.4, -0.2) is 17.1 Å². The van der Waals surface area contributed by atoms with E-state index in [9.17, 15) is 4.79 Å². The second-order valence-electron chi connectivity index (χ2n) is 5.00. The molecule has 2 rings (SSSR count). The summed E-state index contributed by atoms with van der Waals surface area (Å²) >= 11 is 0. The molecule has 1 fully saturated rings. The van der Waals surface area contributed by atoms with Crippen molar-refractivity contribution in [2.45, 2.75) is 26.3 Å². The van der Waals surface area contributed by atoms with Gasteiger partial charge in [0.2, 0.25) is 0 Å². The fourth-order valence-electron chi connectivity index (χ4n) is 1.77. The number of anilines is 2. The van der Waals surface area contributed by atoms with E-state index in [0.717, 1.165) is 6.42 Å². The molecule has 1 aliphatic carbocycles. The van der Waals surface area contributed by atoms with Crippen molar-refractivity contribution in [2.24, 2.45) is 5.41 Å². The normalized spacial score (nSPS) is 21.5. The molecule has 1 aromatic rings. The molecule has 1 aliphatic rings. The molecule has 0 aliphatic heterocycles. The van der Waals surface area contributed by atoms with Crippen LogP contribution in [0.3, 0.4) is 0 Å². The predicted octanol–water partition coefficient (Wildman–Crippen LogP) is 2.18. The number of carboxylic acid groups (broad SMARTS) is 1. The summed E-state index contributed by atoms with van der Waals surface area (Å²) in [6.45, 7) is 4.30. The fourth-order valence-corrected chi connectivity index (χ4v) is 1.77. The van der Waals surface area contributed by atoms with Gasteiger partial charge >= 0.3 is 5.97 Å². The lowest BCUT2D eigenvalue weighted by Crippen LogP contribution is -2.12. The molecule has 1 unspecified atom stereocenters. The van der Waals surface area contributed by atoms with Crippen LogP contribution in [0.1, 0.15) is 30.6 Å². The minimum atomic E-state index is -0.930. The lowest BCUT2D eigenvalue weighted by atomic mass is 10.1. The van der Waals surface area contributed by atoms with Gasteiger partial charge in [0, 0.05) is 11.7 Å². The van der Waals surface area contributed by atoms with Gasteiger partial charge in [-0.3, -0.25) is 0 Å². The second-order valence-corrected chi connectivity index (χ2v) is 5.00. The molecule has 0 bridgehead atoms. The summed E-state index contributed by atoms with van der Waals surface area (Å²) in [4.78, 5) is 11.0. The van der Waals surface area contributed by atoms with E-state index in [-0.39, 0.29) is 11.0 Å². The molecular formula is C12H16N2O2. The van der Waals surface area contributed by atoms with Gasteiger partial charge in [0.15, 0.2) is 0 Å². The molecule has 0 heterocycles. The van der Waals surface area contributed by atoms with Crippen LogP contribution in [0, 0.1) is 5.41 Å². The fraction of sp³-hybridized carbons (Fsp3) is 0.417. The van der Waals surface area contributed by atoms with Crippen molar-refractivity contribution in [3.63, 3.8) is 0 Å². The quantitative estimate of drug-likeness (QED) is 0.682. The molecule has 4 nitrogen and oxygen atoms in total. The van der Waals surface area contributed by atoms with E-state index in [1.165, 1.54) is 6.07 Å². The summed E-state index contributed by atoms with van der Waals surface area (Å²) in [6, 6.07) is 5.16. The van der Waals surface area contributed by atoms with Crippen LogP contribution >= 0.6 is 0 Å². The van der Waals surface area contributed by atoms with Crippen molar-refractivity contribution in [3.8, 4) is 0 Å². The van der Waals surface area contributed by atoms with E-state index < -0.39 is 5.97 Å². The number of rotatable bonds is 3. The van der Waals surface area contributed by atoms with Crippen molar-refractivity contribution >= 4 is 17.3 Å². The molecule has 0 amide bonds. The van der Waals surface area contributed by atoms with Crippen molar-refractivity contribution in [2.75, 3.05) is 11.1 Å². The minimum Gasteiger partial charge on any atom is -0.478 e. The molecule has 1 aromatic carbocycles. The first-order valence-corrected chi connectivity index (χ1v) is 5.29. The Morgan fingerprint density at radius 3 is 2.69 bits per heavy atom. The smallest absolute Gasteiger partial charge is 0.337 e. The first-order chi connectivity index (χ1) is 7.40. The van der Waals surface area contributed by atoms with E-state index in [1.807, 2.05) is 0 Å². The Bertz CT molecular complexity index is 441. The average molecular weight is 220 g/mol. The Labute approximate surface area is 94.5 Å². The van der Waals surface area contributed by atoms with Crippen LogP contribution < -0.4 is 11.1 Å². The summed E-state index contributed by atoms with van der Waals surface area (Å²) in [7, 11) is 0. The summed E-state index contributed by atoms with van der Waals surface area (Å²) in [6.07, 6.45) is 1.06. The first kappa shape index (κ1) is 10.8. The zero-order valence-electron chi connectivity index (χ0n) is 9.45. The van der Waals surface area contributed by atoms with Crippen molar-refractivity contribution in [3.05, 3.63) is 23.8 Å². The number of hydrogen-bond donors (Lipinski definition) is 3. The Kier molecular flexibility index (Phi) is 2.30. The summed E-state index contributed by atoms with van der Waals surface area (Å²) in [5.74, 6) is -0.930. The topological polar surface area (TPSA) is 75.3 Å². The highest BCUT2D eigenvalue weighted by Crippen LogP contribution is 2.46. The number of nitrogens with two attached hydrogens (primary N) is 1. The third kappa shape index (κ3) is 1.96. The highest BCUT2D eigenvalue weighted by molar-refractivity contribution is 5.95. The van der Waals surface area contributed by atoms with Gasteiger partial charge in [0.05, 0.1) is 11.3 Å². The number of hydrogen-bond acceptors (Lipinski definition) is 3. The lowest BCUT2D eigenvalue weighted by Gasteiger charge is -2.11. The Hall–Kier alpha value is -1.71. The Morgan fingerprint density at radius 2 is 2.19 bits per heavy atom. The summed E-state index contributed by atoms with van der Waals surface area (Å²) in [5.41, 5.74) is 7.37. The van der Waals surface area contributed by atoms with E-state index in [1.54, 1.807) is 12.1 Å². The Morgan fingerprint density at radius 1 is 1.56 bits per heavy atom. The van der Waals surface area contributed by atoms with E-state index in [4.69, 9.17) is 10.8 Å². The largest absolute Gasteiger partial charge is 0.478 e. The maximum atomic E-state index is 11.0. The summed E-state index contributed by atoms with van der Waals surface area (Å²) in [5, 5.41) is 12.3. The number of nitrogens with one attached hydrogen (secondary N) is 1. The van der Waals surface area contributed by atoms with Crippen LogP contribution in [0.4, 0.5) is 11.4 Å². The zero-order valence-corrected chi connectivity index (χ0v) is 9.45. The number of nitrogen functional groups attached to an aromatic ring is 1. The second kappa shape index (κ2) is 3.40. The van der Waals surface area contributed by atoms with Crippen LogP contribution in [0.15, 0.2) is 18.2 Å². The predicted molar refractivity (Wildman–Crippen MR) is 63.6 cm³/mol. The molecular weight excluding hydrogens is 204 g/mol. The van der Waals surface area contributed by atoms with Crippen LogP contribution in [-0.2, 0) is 0 Å². The number of carbonyl (C=O) groups is 1. The molecule has 0 spiro atoms. The molecule has 1 saturated carbocycles. The van der Waals surface area contributed by atoms with Gasteiger partial charge in [-0.25, -0.2) is 4.79 Å². The van der Waals surface area contributed by atoms with E-state index in [0.29, 0.717) is 17.4 Å². The molecule has 4 heteroatoms. The molecule has 86 valence electrons. The molecule has 0 radical (unpaired) electrons. The zero-order chi connectivity index (χ0) is 11.9. The van der Waals surface area contributed by atoms with Gasteiger partial charge in [-0.1, -0.05) is 13.8 Å². The van der Waals surface area contributed by atoms with Crippen molar-refractivity contribution < 1.29 is 9.90 Å². The highest BCUT2D eigenvalue weighted by Gasteiger charge is 2.45. The van der Waals surface area contributed by atoms with Crippen LogP contribution in [0.2, 0.25) is 0 Å². The molecule has 0 aromatic heterocycles. The SMILES string of the molecule is CC1(C)CC1Nc1cc(N)ccc1C(=O)O. The number of benzene rings is 1. The van der Waals surface area contributed by atoms with E-state index >= 15 is 0 Å².